The van der Waals surface area contributed by atoms with Crippen LogP contribution in [0.25, 0.3) is 0 Å². The molecule has 2 aromatic rings. The van der Waals surface area contributed by atoms with Gasteiger partial charge in [0.25, 0.3) is 5.91 Å². The second kappa shape index (κ2) is 5.05. The van der Waals surface area contributed by atoms with Gasteiger partial charge in [0.15, 0.2) is 0 Å². The number of rotatable bonds is 2. The Morgan fingerprint density at radius 2 is 2.15 bits per heavy atom. The van der Waals surface area contributed by atoms with Crippen LogP contribution in [0.2, 0.25) is 0 Å². The number of carbonyl (C=O) groups is 1. The minimum absolute atomic E-state index is 0.0213. The van der Waals surface area contributed by atoms with E-state index in [1.807, 2.05) is 36.9 Å². The number of hydrogen-bond donors (Lipinski definition) is 0. The van der Waals surface area contributed by atoms with Crippen molar-refractivity contribution in [2.45, 2.75) is 26.3 Å². The molecule has 4 nitrogen and oxygen atoms in total. The van der Waals surface area contributed by atoms with E-state index in [0.717, 1.165) is 23.1 Å². The van der Waals surface area contributed by atoms with E-state index >= 15 is 0 Å². The topological polar surface area (TPSA) is 38.1 Å². The van der Waals surface area contributed by atoms with Crippen molar-refractivity contribution in [3.05, 3.63) is 46.2 Å². The Morgan fingerprint density at radius 3 is 2.90 bits per heavy atom. The van der Waals surface area contributed by atoms with Crippen LogP contribution in [-0.4, -0.2) is 22.2 Å². The highest BCUT2D eigenvalue weighted by Crippen LogP contribution is 2.34. The summed E-state index contributed by atoms with van der Waals surface area (Å²) in [6.45, 7) is 4.77. The number of benzene rings is 1. The summed E-state index contributed by atoms with van der Waals surface area (Å²) in [4.78, 5) is 14.6. The molecular weight excluding hydrogens is 318 g/mol. The number of aromatic nitrogens is 2. The van der Waals surface area contributed by atoms with E-state index in [0.29, 0.717) is 5.69 Å². The van der Waals surface area contributed by atoms with Crippen molar-refractivity contribution in [1.29, 1.82) is 0 Å². The lowest BCUT2D eigenvalue weighted by atomic mass is 10.2. The molecule has 1 aromatic heterocycles. The summed E-state index contributed by atoms with van der Waals surface area (Å²) in [6, 6.07) is 7.95. The van der Waals surface area contributed by atoms with E-state index in [4.69, 9.17) is 0 Å². The van der Waals surface area contributed by atoms with Crippen LogP contribution in [0.4, 0.5) is 5.69 Å². The van der Waals surface area contributed by atoms with Crippen LogP contribution in [0.15, 0.2) is 34.9 Å². The number of anilines is 1. The van der Waals surface area contributed by atoms with E-state index in [2.05, 4.69) is 21.0 Å². The van der Waals surface area contributed by atoms with Crippen molar-refractivity contribution in [2.24, 2.45) is 0 Å². The maximum absolute atomic E-state index is 12.8. The molecule has 0 saturated heterocycles. The number of nitrogens with zero attached hydrogens (tertiary/aromatic N) is 3. The summed E-state index contributed by atoms with van der Waals surface area (Å²) in [5, 5.41) is 4.24. The molecule has 3 rings (SSSR count). The number of carbonyl (C=O) groups excluding carboxylic acids is 1. The largest absolute Gasteiger partial charge is 0.306 e. The van der Waals surface area contributed by atoms with E-state index in [1.165, 1.54) is 5.56 Å². The van der Waals surface area contributed by atoms with Crippen LogP contribution in [0.1, 0.15) is 35.9 Å². The summed E-state index contributed by atoms with van der Waals surface area (Å²) in [7, 11) is 0. The Labute approximate surface area is 126 Å². The van der Waals surface area contributed by atoms with Gasteiger partial charge in [-0.1, -0.05) is 22.0 Å². The van der Waals surface area contributed by atoms with Crippen LogP contribution >= 0.6 is 15.9 Å². The molecule has 1 aliphatic heterocycles. The normalized spacial score (nSPS) is 13.9. The third kappa shape index (κ3) is 2.06. The molecule has 0 saturated carbocycles. The zero-order valence-electron chi connectivity index (χ0n) is 11.5. The van der Waals surface area contributed by atoms with Gasteiger partial charge in [-0.05, 0) is 44.0 Å². The third-order valence-electron chi connectivity index (χ3n) is 3.59. The van der Waals surface area contributed by atoms with Gasteiger partial charge in [0, 0.05) is 28.9 Å². The number of amides is 1. The third-order valence-corrected chi connectivity index (χ3v) is 4.34. The average Bonchev–Trinajstić information content (AvgIpc) is 3.05. The minimum atomic E-state index is 0.0213. The molecule has 0 N–H and O–H groups in total. The second-order valence-corrected chi connectivity index (χ2v) is 6.05. The lowest BCUT2D eigenvalue weighted by Crippen LogP contribution is -2.31. The Balaban J connectivity index is 1.98. The first-order valence-corrected chi connectivity index (χ1v) is 7.51. The zero-order valence-corrected chi connectivity index (χ0v) is 13.1. The van der Waals surface area contributed by atoms with E-state index < -0.39 is 0 Å². The molecule has 1 amide bonds. The predicted octanol–water partition coefficient (Wildman–Crippen LogP) is 3.43. The summed E-state index contributed by atoms with van der Waals surface area (Å²) < 4.78 is 2.85. The van der Waals surface area contributed by atoms with E-state index in [9.17, 15) is 4.79 Å². The first-order valence-electron chi connectivity index (χ1n) is 6.72. The van der Waals surface area contributed by atoms with Crippen molar-refractivity contribution in [3.8, 4) is 0 Å². The maximum atomic E-state index is 12.8. The molecule has 2 heterocycles. The highest BCUT2D eigenvalue weighted by molar-refractivity contribution is 9.10. The van der Waals surface area contributed by atoms with Crippen molar-refractivity contribution in [2.75, 3.05) is 11.4 Å². The van der Waals surface area contributed by atoms with Gasteiger partial charge in [-0.2, -0.15) is 5.10 Å². The molecule has 0 atom stereocenters. The fourth-order valence-electron chi connectivity index (χ4n) is 2.64. The van der Waals surface area contributed by atoms with Crippen LogP contribution < -0.4 is 4.90 Å². The maximum Gasteiger partial charge on any atom is 0.276 e. The molecule has 0 spiro atoms. The van der Waals surface area contributed by atoms with Gasteiger partial charge in [0.2, 0.25) is 0 Å². The first-order chi connectivity index (χ1) is 9.59. The van der Waals surface area contributed by atoms with Gasteiger partial charge in [0.1, 0.15) is 5.69 Å². The molecule has 104 valence electrons. The van der Waals surface area contributed by atoms with Crippen LogP contribution in [0.3, 0.4) is 0 Å². The van der Waals surface area contributed by atoms with Crippen LogP contribution in [-0.2, 0) is 6.42 Å². The molecule has 5 heteroatoms. The monoisotopic (exact) mass is 333 g/mol. The van der Waals surface area contributed by atoms with Crippen molar-refractivity contribution in [3.63, 3.8) is 0 Å². The number of fused-ring (bicyclic) bond motifs is 1. The summed E-state index contributed by atoms with van der Waals surface area (Å²) in [5.74, 6) is 0.0213. The molecule has 0 bridgehead atoms. The fraction of sp³-hybridized carbons (Fsp3) is 0.333. The van der Waals surface area contributed by atoms with Gasteiger partial charge in [-0.25, -0.2) is 0 Å². The number of hydrogen-bond acceptors (Lipinski definition) is 2. The van der Waals surface area contributed by atoms with Crippen molar-refractivity contribution >= 4 is 27.5 Å². The summed E-state index contributed by atoms with van der Waals surface area (Å²) in [5.41, 5.74) is 2.85. The quantitative estimate of drug-likeness (QED) is 0.844. The SMILES string of the molecule is CC(C)n1nccc1C(=O)N1CCc2c(Br)cccc21. The standard InChI is InChI=1S/C15H16BrN3O/c1-10(2)19-14(6-8-17-19)15(20)18-9-7-11-12(16)4-3-5-13(11)18/h3-6,8,10H,7,9H2,1-2H3. The molecule has 0 aliphatic carbocycles. The molecule has 20 heavy (non-hydrogen) atoms. The number of halogens is 1. The van der Waals surface area contributed by atoms with E-state index in [-0.39, 0.29) is 11.9 Å². The molecule has 1 aliphatic rings. The van der Waals surface area contributed by atoms with Crippen molar-refractivity contribution < 1.29 is 4.79 Å². The minimum Gasteiger partial charge on any atom is -0.306 e. The molecule has 0 fully saturated rings. The average molecular weight is 334 g/mol. The highest BCUT2D eigenvalue weighted by Gasteiger charge is 2.28. The molecule has 0 unspecified atom stereocenters. The molecule has 1 aromatic carbocycles. The van der Waals surface area contributed by atoms with E-state index in [1.54, 1.807) is 16.9 Å². The van der Waals surface area contributed by atoms with Crippen molar-refractivity contribution in [1.82, 2.24) is 9.78 Å². The van der Waals surface area contributed by atoms with Crippen LogP contribution in [0, 0.1) is 0 Å². The van der Waals surface area contributed by atoms with Gasteiger partial charge < -0.3 is 4.90 Å². The van der Waals surface area contributed by atoms with Gasteiger partial charge >= 0.3 is 0 Å². The fourth-order valence-corrected chi connectivity index (χ4v) is 3.19. The summed E-state index contributed by atoms with van der Waals surface area (Å²) >= 11 is 3.55. The lowest BCUT2D eigenvalue weighted by Gasteiger charge is -2.19. The second-order valence-electron chi connectivity index (χ2n) is 5.20. The molecule has 0 radical (unpaired) electrons. The lowest BCUT2D eigenvalue weighted by molar-refractivity contribution is 0.0977. The Morgan fingerprint density at radius 1 is 1.35 bits per heavy atom. The zero-order chi connectivity index (χ0) is 14.3. The Kier molecular flexibility index (Phi) is 3.38. The predicted molar refractivity (Wildman–Crippen MR) is 82.1 cm³/mol. The van der Waals surface area contributed by atoms with Gasteiger partial charge in [0.05, 0.1) is 0 Å². The highest BCUT2D eigenvalue weighted by atomic mass is 79.9. The first kappa shape index (κ1) is 13.4. The summed E-state index contributed by atoms with van der Waals surface area (Å²) in [6.07, 6.45) is 2.57. The Hall–Kier alpha value is -1.62. The van der Waals surface area contributed by atoms with Gasteiger partial charge in [-0.15, -0.1) is 0 Å². The molecular formula is C15H16BrN3O. The van der Waals surface area contributed by atoms with Crippen LogP contribution in [0.5, 0.6) is 0 Å². The smallest absolute Gasteiger partial charge is 0.276 e. The Bertz CT molecular complexity index is 663. The van der Waals surface area contributed by atoms with Gasteiger partial charge in [-0.3, -0.25) is 9.48 Å².